The second-order valence-corrected chi connectivity index (χ2v) is 6.47. The molecule has 1 aliphatic rings. The van der Waals surface area contributed by atoms with E-state index in [1.165, 1.54) is 11.4 Å². The van der Waals surface area contributed by atoms with Crippen LogP contribution in [0.4, 0.5) is 10.7 Å². The highest BCUT2D eigenvalue weighted by Gasteiger charge is 2.29. The molecule has 2 amide bonds. The van der Waals surface area contributed by atoms with E-state index in [1.54, 1.807) is 18.2 Å². The van der Waals surface area contributed by atoms with Crippen LogP contribution in [0.2, 0.25) is 0 Å². The van der Waals surface area contributed by atoms with Gasteiger partial charge in [0.2, 0.25) is 5.91 Å². The number of benzene rings is 1. The molecule has 0 saturated heterocycles. The average molecular weight is 345 g/mol. The van der Waals surface area contributed by atoms with E-state index in [4.69, 9.17) is 0 Å². The van der Waals surface area contributed by atoms with Gasteiger partial charge in [0.25, 0.3) is 5.91 Å². The summed E-state index contributed by atoms with van der Waals surface area (Å²) < 4.78 is 0. The van der Waals surface area contributed by atoms with Crippen molar-refractivity contribution in [3.63, 3.8) is 0 Å². The minimum atomic E-state index is -0.520. The number of thiophene rings is 1. The molecule has 2 aromatic rings. The summed E-state index contributed by atoms with van der Waals surface area (Å²) in [4.78, 5) is 33.9. The summed E-state index contributed by atoms with van der Waals surface area (Å²) in [5.41, 5.74) is 1.80. The summed E-state index contributed by atoms with van der Waals surface area (Å²) in [6.07, 6.45) is 1.88. The van der Waals surface area contributed by atoms with Gasteiger partial charge in [0.1, 0.15) is 0 Å². The monoisotopic (exact) mass is 345 g/mol. The van der Waals surface area contributed by atoms with Crippen LogP contribution in [-0.2, 0) is 11.3 Å². The van der Waals surface area contributed by atoms with Gasteiger partial charge in [0.05, 0.1) is 10.5 Å². The Kier molecular flexibility index (Phi) is 4.57. The molecule has 1 aromatic heterocycles. The van der Waals surface area contributed by atoms with Crippen LogP contribution >= 0.6 is 11.3 Å². The molecule has 0 radical (unpaired) electrons. The fourth-order valence-corrected chi connectivity index (χ4v) is 2.88. The lowest BCUT2D eigenvalue weighted by Crippen LogP contribution is -2.22. The molecule has 0 unspecified atom stereocenters. The molecule has 1 heterocycles. The van der Waals surface area contributed by atoms with Crippen molar-refractivity contribution < 1.29 is 14.5 Å². The third-order valence-corrected chi connectivity index (χ3v) is 4.50. The van der Waals surface area contributed by atoms with Crippen LogP contribution < -0.4 is 10.6 Å². The van der Waals surface area contributed by atoms with Crippen molar-refractivity contribution in [2.24, 2.45) is 5.92 Å². The molecule has 1 fully saturated rings. The van der Waals surface area contributed by atoms with Gasteiger partial charge < -0.3 is 10.6 Å². The highest BCUT2D eigenvalue weighted by Crippen LogP contribution is 2.30. The minimum Gasteiger partial charge on any atom is -0.348 e. The fourth-order valence-electron chi connectivity index (χ4n) is 2.17. The lowest BCUT2D eigenvalue weighted by Gasteiger charge is -2.08. The smallest absolute Gasteiger partial charge is 0.324 e. The van der Waals surface area contributed by atoms with Crippen molar-refractivity contribution >= 4 is 33.8 Å². The van der Waals surface area contributed by atoms with Crippen molar-refractivity contribution in [3.05, 3.63) is 57.0 Å². The Bertz CT molecular complexity index is 798. The van der Waals surface area contributed by atoms with E-state index in [9.17, 15) is 19.7 Å². The van der Waals surface area contributed by atoms with E-state index in [2.05, 4.69) is 10.6 Å². The number of hydrogen-bond acceptors (Lipinski definition) is 5. The zero-order valence-electron chi connectivity index (χ0n) is 12.7. The van der Waals surface area contributed by atoms with Gasteiger partial charge in [0.15, 0.2) is 0 Å². The van der Waals surface area contributed by atoms with Crippen LogP contribution in [0.3, 0.4) is 0 Å². The molecule has 1 aromatic carbocycles. The van der Waals surface area contributed by atoms with E-state index in [1.807, 2.05) is 6.07 Å². The molecule has 7 nitrogen and oxygen atoms in total. The third kappa shape index (κ3) is 3.96. The Hall–Kier alpha value is -2.74. The summed E-state index contributed by atoms with van der Waals surface area (Å²) in [7, 11) is 0. The van der Waals surface area contributed by atoms with Gasteiger partial charge in [-0.25, -0.2) is 0 Å². The highest BCUT2D eigenvalue weighted by atomic mass is 32.1. The van der Waals surface area contributed by atoms with E-state index < -0.39 is 4.92 Å². The molecule has 1 aliphatic carbocycles. The van der Waals surface area contributed by atoms with Crippen LogP contribution in [0.15, 0.2) is 35.7 Å². The van der Waals surface area contributed by atoms with Gasteiger partial charge in [-0.1, -0.05) is 23.5 Å². The molecule has 0 aliphatic heterocycles. The largest absolute Gasteiger partial charge is 0.348 e. The Morgan fingerprint density at radius 3 is 2.75 bits per heavy atom. The maximum atomic E-state index is 12.0. The van der Waals surface area contributed by atoms with Crippen molar-refractivity contribution in [3.8, 4) is 0 Å². The van der Waals surface area contributed by atoms with Crippen molar-refractivity contribution in [1.29, 1.82) is 0 Å². The fraction of sp³-hybridized carbons (Fsp3) is 0.250. The van der Waals surface area contributed by atoms with E-state index >= 15 is 0 Å². The Balaban J connectivity index is 1.58. The molecule has 0 spiro atoms. The van der Waals surface area contributed by atoms with Gasteiger partial charge in [-0.05, 0) is 30.5 Å². The summed E-state index contributed by atoms with van der Waals surface area (Å²) in [5, 5.41) is 17.6. The number of hydrogen-bond donors (Lipinski definition) is 2. The summed E-state index contributed by atoms with van der Waals surface area (Å²) in [5.74, 6) is -0.212. The molecule has 24 heavy (non-hydrogen) atoms. The number of amides is 2. The Labute approximate surface area is 141 Å². The molecular formula is C16H15N3O4S. The van der Waals surface area contributed by atoms with Crippen LogP contribution in [0, 0.1) is 16.0 Å². The van der Waals surface area contributed by atoms with Crippen LogP contribution in [0.5, 0.6) is 0 Å². The van der Waals surface area contributed by atoms with E-state index in [0.29, 0.717) is 5.69 Å². The molecule has 0 atom stereocenters. The Morgan fingerprint density at radius 1 is 1.29 bits per heavy atom. The van der Waals surface area contributed by atoms with Crippen molar-refractivity contribution in [2.45, 2.75) is 19.4 Å². The lowest BCUT2D eigenvalue weighted by atomic mass is 10.2. The van der Waals surface area contributed by atoms with Crippen LogP contribution in [-0.4, -0.2) is 16.7 Å². The normalized spacial score (nSPS) is 13.3. The highest BCUT2D eigenvalue weighted by molar-refractivity contribution is 7.13. The first-order chi connectivity index (χ1) is 11.5. The number of anilines is 1. The van der Waals surface area contributed by atoms with Gasteiger partial charge >= 0.3 is 5.00 Å². The van der Waals surface area contributed by atoms with Gasteiger partial charge in [-0.15, -0.1) is 0 Å². The molecule has 2 N–H and O–H groups in total. The number of carbonyl (C=O) groups excluding carboxylic acids is 2. The third-order valence-electron chi connectivity index (χ3n) is 3.62. The maximum absolute atomic E-state index is 12.0. The number of nitrogens with zero attached hydrogens (tertiary/aromatic N) is 1. The maximum Gasteiger partial charge on any atom is 0.324 e. The first kappa shape index (κ1) is 16.1. The summed E-state index contributed by atoms with van der Waals surface area (Å²) in [6, 6.07) is 8.50. The van der Waals surface area contributed by atoms with E-state index in [-0.39, 0.29) is 34.8 Å². The number of nitro groups is 1. The zero-order chi connectivity index (χ0) is 17.1. The molecule has 8 heteroatoms. The van der Waals surface area contributed by atoms with Gasteiger partial charge in [0, 0.05) is 29.6 Å². The first-order valence-corrected chi connectivity index (χ1v) is 8.32. The van der Waals surface area contributed by atoms with Gasteiger partial charge in [-0.3, -0.25) is 19.7 Å². The molecule has 1 saturated carbocycles. The average Bonchev–Trinajstić information content (AvgIpc) is 3.29. The predicted molar refractivity (Wildman–Crippen MR) is 89.9 cm³/mol. The quantitative estimate of drug-likeness (QED) is 0.621. The second-order valence-electron chi connectivity index (χ2n) is 5.58. The van der Waals surface area contributed by atoms with E-state index in [0.717, 1.165) is 29.7 Å². The summed E-state index contributed by atoms with van der Waals surface area (Å²) >= 11 is 0.918. The van der Waals surface area contributed by atoms with Crippen molar-refractivity contribution in [1.82, 2.24) is 5.32 Å². The lowest BCUT2D eigenvalue weighted by molar-refractivity contribution is -0.380. The van der Waals surface area contributed by atoms with Crippen LogP contribution in [0.25, 0.3) is 0 Å². The minimum absolute atomic E-state index is 0.0294. The number of rotatable bonds is 6. The standard InChI is InChI=1S/C16H15N3O4S/c20-15(12-7-14(19(22)23)24-9-12)17-8-10-2-1-3-13(6-10)18-16(21)11-4-5-11/h1-3,6-7,9,11H,4-5,8H2,(H,17,20)(H,18,21). The van der Waals surface area contributed by atoms with Gasteiger partial charge in [-0.2, -0.15) is 0 Å². The van der Waals surface area contributed by atoms with Crippen LogP contribution in [0.1, 0.15) is 28.8 Å². The van der Waals surface area contributed by atoms with Crippen molar-refractivity contribution in [2.75, 3.05) is 5.32 Å². The predicted octanol–water partition coefficient (Wildman–Crippen LogP) is 2.93. The zero-order valence-corrected chi connectivity index (χ0v) is 13.5. The first-order valence-electron chi connectivity index (χ1n) is 7.44. The topological polar surface area (TPSA) is 101 Å². The number of nitrogens with one attached hydrogen (secondary N) is 2. The molecule has 0 bridgehead atoms. The second kappa shape index (κ2) is 6.79. The molecular weight excluding hydrogens is 330 g/mol. The summed E-state index contributed by atoms with van der Waals surface area (Å²) in [6.45, 7) is 0.273. The molecule has 3 rings (SSSR count). The SMILES string of the molecule is O=C(NCc1cccc(NC(=O)C2CC2)c1)c1csc([N+](=O)[O-])c1. The molecule has 124 valence electrons. The Morgan fingerprint density at radius 2 is 2.08 bits per heavy atom. The number of carbonyl (C=O) groups is 2.